The van der Waals surface area contributed by atoms with Crippen LogP contribution in [0.25, 0.3) is 0 Å². The van der Waals surface area contributed by atoms with Crippen LogP contribution in [0.5, 0.6) is 5.75 Å². The van der Waals surface area contributed by atoms with Crippen molar-refractivity contribution in [3.63, 3.8) is 0 Å². The summed E-state index contributed by atoms with van der Waals surface area (Å²) >= 11 is 0. The lowest BCUT2D eigenvalue weighted by atomic mass is 9.61. The summed E-state index contributed by atoms with van der Waals surface area (Å²) in [5, 5.41) is 0. The molecule has 5 heteroatoms. The molecule has 0 spiro atoms. The van der Waals surface area contributed by atoms with Gasteiger partial charge in [-0.15, -0.1) is 0 Å². The van der Waals surface area contributed by atoms with Gasteiger partial charge < -0.3 is 10.5 Å². The summed E-state index contributed by atoms with van der Waals surface area (Å²) in [5.74, 6) is -2.98. The molecule has 2 N–H and O–H groups in total. The zero-order valence-corrected chi connectivity index (χ0v) is 10.4. The van der Waals surface area contributed by atoms with Crippen LogP contribution in [-0.4, -0.2) is 19.6 Å². The lowest BCUT2D eigenvalue weighted by Crippen LogP contribution is -2.54. The lowest BCUT2D eigenvalue weighted by molar-refractivity contribution is -0.125. The first-order valence-corrected chi connectivity index (χ1v) is 5.76. The van der Waals surface area contributed by atoms with E-state index in [1.165, 1.54) is 13.2 Å². The Kier molecular flexibility index (Phi) is 3.05. The quantitative estimate of drug-likeness (QED) is 0.906. The Balaban J connectivity index is 2.50. The number of ether oxygens (including phenoxy) is 1. The maximum absolute atomic E-state index is 14.1. The van der Waals surface area contributed by atoms with Crippen LogP contribution in [0, 0.1) is 12.7 Å². The number of hydrogen-bond donors (Lipinski definition) is 1. The number of halogens is 3. The van der Waals surface area contributed by atoms with Crippen molar-refractivity contribution in [2.45, 2.75) is 31.1 Å². The van der Waals surface area contributed by atoms with Gasteiger partial charge in [0.1, 0.15) is 11.6 Å². The van der Waals surface area contributed by atoms with Crippen LogP contribution in [-0.2, 0) is 5.41 Å². The molecule has 0 aliphatic heterocycles. The lowest BCUT2D eigenvalue weighted by Gasteiger charge is -2.47. The van der Waals surface area contributed by atoms with Gasteiger partial charge in [-0.2, -0.15) is 0 Å². The van der Waals surface area contributed by atoms with Crippen LogP contribution >= 0.6 is 0 Å². The molecule has 2 nitrogen and oxygen atoms in total. The molecule has 1 aliphatic rings. The highest BCUT2D eigenvalue weighted by atomic mass is 19.3. The topological polar surface area (TPSA) is 35.2 Å². The normalized spacial score (nSPS) is 20.3. The number of nitrogens with two attached hydrogens (primary N) is 1. The van der Waals surface area contributed by atoms with Crippen molar-refractivity contribution in [3.05, 3.63) is 29.1 Å². The predicted molar refractivity (Wildman–Crippen MR) is 62.6 cm³/mol. The van der Waals surface area contributed by atoms with Crippen molar-refractivity contribution >= 4 is 0 Å². The average molecular weight is 259 g/mol. The molecule has 0 saturated heterocycles. The molecule has 1 aromatic carbocycles. The van der Waals surface area contributed by atoms with E-state index in [1.54, 1.807) is 13.0 Å². The summed E-state index contributed by atoms with van der Waals surface area (Å²) in [7, 11) is 1.40. The van der Waals surface area contributed by atoms with Gasteiger partial charge in [-0.1, -0.05) is 0 Å². The van der Waals surface area contributed by atoms with Crippen molar-refractivity contribution in [2.24, 2.45) is 5.73 Å². The Morgan fingerprint density at radius 2 is 1.94 bits per heavy atom. The Morgan fingerprint density at radius 3 is 2.39 bits per heavy atom. The van der Waals surface area contributed by atoms with Gasteiger partial charge in [0, 0.05) is 30.4 Å². The van der Waals surface area contributed by atoms with Gasteiger partial charge in [0.25, 0.3) is 0 Å². The molecule has 0 amide bonds. The summed E-state index contributed by atoms with van der Waals surface area (Å²) in [4.78, 5) is 0. The third-order valence-electron chi connectivity index (χ3n) is 3.53. The van der Waals surface area contributed by atoms with Crippen LogP contribution < -0.4 is 10.5 Å². The van der Waals surface area contributed by atoms with Crippen molar-refractivity contribution in [1.29, 1.82) is 0 Å². The maximum Gasteiger partial charge on any atom is 0.250 e. The summed E-state index contributed by atoms with van der Waals surface area (Å²) in [6, 6.07) is 2.97. The van der Waals surface area contributed by atoms with Crippen molar-refractivity contribution in [2.75, 3.05) is 13.7 Å². The molecule has 1 fully saturated rings. The molecule has 1 aromatic rings. The first-order chi connectivity index (χ1) is 8.33. The first-order valence-electron chi connectivity index (χ1n) is 5.76. The molecule has 0 atom stereocenters. The van der Waals surface area contributed by atoms with Crippen molar-refractivity contribution in [1.82, 2.24) is 0 Å². The first kappa shape index (κ1) is 13.2. The van der Waals surface area contributed by atoms with E-state index < -0.39 is 30.0 Å². The third-order valence-corrected chi connectivity index (χ3v) is 3.53. The molecule has 0 bridgehead atoms. The Morgan fingerprint density at radius 1 is 1.33 bits per heavy atom. The summed E-state index contributed by atoms with van der Waals surface area (Å²) in [6.45, 7) is 1.71. The number of benzene rings is 1. The zero-order valence-electron chi connectivity index (χ0n) is 10.4. The van der Waals surface area contributed by atoms with Crippen molar-refractivity contribution < 1.29 is 17.9 Å². The minimum atomic E-state index is -2.76. The molecule has 18 heavy (non-hydrogen) atoms. The van der Waals surface area contributed by atoms with Gasteiger partial charge >= 0.3 is 0 Å². The Hall–Kier alpha value is -1.23. The van der Waals surface area contributed by atoms with Crippen LogP contribution in [0.1, 0.15) is 24.0 Å². The highest BCUT2D eigenvalue weighted by molar-refractivity contribution is 5.46. The zero-order chi connectivity index (χ0) is 13.6. The second kappa shape index (κ2) is 4.16. The molecular weight excluding hydrogens is 243 g/mol. The monoisotopic (exact) mass is 259 g/mol. The van der Waals surface area contributed by atoms with Crippen LogP contribution in [0.2, 0.25) is 0 Å². The molecule has 1 aliphatic carbocycles. The van der Waals surface area contributed by atoms with Gasteiger partial charge in [0.15, 0.2) is 0 Å². The molecule has 0 radical (unpaired) electrons. The number of aryl methyl sites for hydroxylation is 1. The van der Waals surface area contributed by atoms with E-state index in [-0.39, 0.29) is 12.1 Å². The number of alkyl halides is 2. The van der Waals surface area contributed by atoms with E-state index in [2.05, 4.69) is 0 Å². The highest BCUT2D eigenvalue weighted by Gasteiger charge is 2.58. The minimum absolute atomic E-state index is 0.0149. The fraction of sp³-hybridized carbons (Fsp3) is 0.538. The van der Waals surface area contributed by atoms with Gasteiger partial charge in [-0.3, -0.25) is 0 Å². The van der Waals surface area contributed by atoms with Gasteiger partial charge in [-0.05, 0) is 24.6 Å². The van der Waals surface area contributed by atoms with E-state index in [0.717, 1.165) is 0 Å². The SMILES string of the molecule is COc1cc(C)cc(F)c1C1(CN)CC(F)(F)C1. The van der Waals surface area contributed by atoms with E-state index in [1.807, 2.05) is 0 Å². The molecule has 0 heterocycles. The summed E-state index contributed by atoms with van der Waals surface area (Å²) in [6.07, 6.45) is -0.848. The van der Waals surface area contributed by atoms with E-state index >= 15 is 0 Å². The van der Waals surface area contributed by atoms with Crippen LogP contribution in [0.3, 0.4) is 0 Å². The maximum atomic E-state index is 14.1. The van der Waals surface area contributed by atoms with E-state index in [9.17, 15) is 13.2 Å². The van der Waals surface area contributed by atoms with Gasteiger partial charge in [-0.25, -0.2) is 13.2 Å². The predicted octanol–water partition coefficient (Wildman–Crippen LogP) is 2.77. The summed E-state index contributed by atoms with van der Waals surface area (Å²) < 4.78 is 45.5. The van der Waals surface area contributed by atoms with E-state index in [4.69, 9.17) is 10.5 Å². The third kappa shape index (κ3) is 1.96. The summed E-state index contributed by atoms with van der Waals surface area (Å²) in [5.41, 5.74) is 5.46. The number of hydrogen-bond acceptors (Lipinski definition) is 2. The molecular formula is C13H16F3NO. The largest absolute Gasteiger partial charge is 0.496 e. The number of methoxy groups -OCH3 is 1. The minimum Gasteiger partial charge on any atom is -0.496 e. The second-order valence-electron chi connectivity index (χ2n) is 5.02. The number of rotatable bonds is 3. The molecule has 100 valence electrons. The average Bonchev–Trinajstić information content (AvgIpc) is 2.24. The standard InChI is InChI=1S/C13H16F3NO/c1-8-3-9(14)11(10(4-8)18-2)12(7-17)5-13(15,16)6-12/h3-4H,5-7,17H2,1-2H3. The second-order valence-corrected chi connectivity index (χ2v) is 5.02. The molecule has 0 unspecified atom stereocenters. The smallest absolute Gasteiger partial charge is 0.250 e. The highest BCUT2D eigenvalue weighted by Crippen LogP contribution is 2.55. The molecule has 1 saturated carbocycles. The fourth-order valence-corrected chi connectivity index (χ4v) is 2.75. The molecule has 0 aromatic heterocycles. The van der Waals surface area contributed by atoms with Crippen LogP contribution in [0.15, 0.2) is 12.1 Å². The Bertz CT molecular complexity index is 466. The van der Waals surface area contributed by atoms with Crippen molar-refractivity contribution in [3.8, 4) is 5.75 Å². The van der Waals surface area contributed by atoms with E-state index in [0.29, 0.717) is 11.3 Å². The molecule has 2 rings (SSSR count). The van der Waals surface area contributed by atoms with Gasteiger partial charge in [0.2, 0.25) is 5.92 Å². The van der Waals surface area contributed by atoms with Gasteiger partial charge in [0.05, 0.1) is 7.11 Å². The fourth-order valence-electron chi connectivity index (χ4n) is 2.75. The van der Waals surface area contributed by atoms with Crippen LogP contribution in [0.4, 0.5) is 13.2 Å². The Labute approximate surface area is 104 Å².